The third-order valence-electron chi connectivity index (χ3n) is 1.98. The number of aromatic nitrogens is 1. The van der Waals surface area contributed by atoms with Crippen molar-refractivity contribution in [2.24, 2.45) is 0 Å². The predicted molar refractivity (Wildman–Crippen MR) is 59.1 cm³/mol. The number of carbonyl (C=O) groups is 1. The molecule has 84 valence electrons. The Morgan fingerprint density at radius 2 is 2.31 bits per heavy atom. The predicted octanol–water partition coefficient (Wildman–Crippen LogP) is 1.80. The van der Waals surface area contributed by atoms with Crippen molar-refractivity contribution < 1.29 is 13.9 Å². The number of carbonyl (C=O) groups excluding carboxylic acids is 1. The van der Waals surface area contributed by atoms with E-state index in [4.69, 9.17) is 9.15 Å². The molecule has 5 heteroatoms. The highest BCUT2D eigenvalue weighted by atomic mass is 16.5. The lowest BCUT2D eigenvalue weighted by molar-refractivity contribution is -0.140. The van der Waals surface area contributed by atoms with Gasteiger partial charge in [0.05, 0.1) is 6.61 Å². The second-order valence-electron chi connectivity index (χ2n) is 3.15. The molecule has 0 spiro atoms. The average Bonchev–Trinajstić information content (AvgIpc) is 2.69. The summed E-state index contributed by atoms with van der Waals surface area (Å²) in [4.78, 5) is 15.2. The number of hydrogen-bond donors (Lipinski definition) is 1. The molecule has 0 saturated heterocycles. The topological polar surface area (TPSA) is 64.4 Å². The molecule has 0 aliphatic heterocycles. The maximum atomic E-state index is 11.1. The van der Waals surface area contributed by atoms with Crippen molar-refractivity contribution in [1.29, 1.82) is 0 Å². The van der Waals surface area contributed by atoms with Crippen molar-refractivity contribution in [2.45, 2.75) is 6.92 Å². The Kier molecular flexibility index (Phi) is 3.05. The third kappa shape index (κ3) is 2.31. The average molecular weight is 220 g/mol. The normalized spacial score (nSPS) is 10.3. The Bertz CT molecular complexity index is 460. The number of ether oxygens (including phenoxy) is 1. The number of benzene rings is 1. The molecule has 1 aromatic heterocycles. The summed E-state index contributed by atoms with van der Waals surface area (Å²) in [5.41, 5.74) is 1.45. The maximum absolute atomic E-state index is 11.1. The van der Waals surface area contributed by atoms with E-state index in [1.807, 2.05) is 24.3 Å². The summed E-state index contributed by atoms with van der Waals surface area (Å²) < 4.78 is 10.1. The van der Waals surface area contributed by atoms with E-state index in [2.05, 4.69) is 10.3 Å². The number of oxazole rings is 1. The molecule has 5 nitrogen and oxygen atoms in total. The minimum absolute atomic E-state index is 0.0562. The van der Waals surface area contributed by atoms with Crippen LogP contribution in [0.4, 0.5) is 6.01 Å². The van der Waals surface area contributed by atoms with Gasteiger partial charge in [-0.1, -0.05) is 12.1 Å². The lowest BCUT2D eigenvalue weighted by Gasteiger charge is -2.00. The summed E-state index contributed by atoms with van der Waals surface area (Å²) in [5, 5.41) is 2.77. The smallest absolute Gasteiger partial charge is 0.325 e. The van der Waals surface area contributed by atoms with Gasteiger partial charge in [-0.3, -0.25) is 4.79 Å². The van der Waals surface area contributed by atoms with Crippen molar-refractivity contribution >= 4 is 23.1 Å². The highest BCUT2D eigenvalue weighted by Crippen LogP contribution is 2.17. The van der Waals surface area contributed by atoms with Crippen molar-refractivity contribution in [3.05, 3.63) is 24.3 Å². The fraction of sp³-hybridized carbons (Fsp3) is 0.273. The Balaban J connectivity index is 2.02. The first-order chi connectivity index (χ1) is 7.79. The molecule has 0 radical (unpaired) electrons. The van der Waals surface area contributed by atoms with E-state index in [1.54, 1.807) is 6.92 Å². The standard InChI is InChI=1S/C11H12N2O3/c1-2-15-10(14)7-12-11-13-8-5-3-4-6-9(8)16-11/h3-6H,2,7H2,1H3,(H,12,13). The molecule has 0 aliphatic rings. The van der Waals surface area contributed by atoms with Gasteiger partial charge >= 0.3 is 5.97 Å². The van der Waals surface area contributed by atoms with Crippen molar-refractivity contribution in [3.63, 3.8) is 0 Å². The van der Waals surface area contributed by atoms with Gasteiger partial charge in [0.25, 0.3) is 6.01 Å². The molecule has 2 aromatic rings. The summed E-state index contributed by atoms with van der Waals surface area (Å²) in [6.07, 6.45) is 0. The van der Waals surface area contributed by atoms with Gasteiger partial charge in [0, 0.05) is 0 Å². The van der Waals surface area contributed by atoms with E-state index in [-0.39, 0.29) is 12.5 Å². The van der Waals surface area contributed by atoms with Crippen LogP contribution in [-0.2, 0) is 9.53 Å². The molecular formula is C11H12N2O3. The summed E-state index contributed by atoms with van der Waals surface area (Å²) in [6, 6.07) is 7.73. The van der Waals surface area contributed by atoms with Crippen molar-refractivity contribution in [2.75, 3.05) is 18.5 Å². The Hall–Kier alpha value is -2.04. The summed E-state index contributed by atoms with van der Waals surface area (Å²) in [7, 11) is 0. The minimum Gasteiger partial charge on any atom is -0.465 e. The molecular weight excluding hydrogens is 208 g/mol. The van der Waals surface area contributed by atoms with Crippen LogP contribution in [-0.4, -0.2) is 24.1 Å². The third-order valence-corrected chi connectivity index (χ3v) is 1.98. The van der Waals surface area contributed by atoms with Crippen molar-refractivity contribution in [3.8, 4) is 0 Å². The van der Waals surface area contributed by atoms with Gasteiger partial charge < -0.3 is 14.5 Å². The van der Waals surface area contributed by atoms with E-state index in [1.165, 1.54) is 0 Å². The van der Waals surface area contributed by atoms with Gasteiger partial charge in [0.15, 0.2) is 5.58 Å². The van der Waals surface area contributed by atoms with Crippen molar-refractivity contribution in [1.82, 2.24) is 4.98 Å². The molecule has 16 heavy (non-hydrogen) atoms. The lowest BCUT2D eigenvalue weighted by atomic mass is 10.3. The number of fused-ring (bicyclic) bond motifs is 1. The zero-order chi connectivity index (χ0) is 11.4. The van der Waals surface area contributed by atoms with Crippen LogP contribution >= 0.6 is 0 Å². The number of nitrogens with zero attached hydrogens (tertiary/aromatic N) is 1. The number of nitrogens with one attached hydrogen (secondary N) is 1. The summed E-state index contributed by atoms with van der Waals surface area (Å²) >= 11 is 0. The SMILES string of the molecule is CCOC(=O)CNc1nc2ccccc2o1. The molecule has 1 aromatic carbocycles. The molecule has 1 N–H and O–H groups in total. The van der Waals surface area contributed by atoms with Gasteiger partial charge in [-0.25, -0.2) is 0 Å². The monoisotopic (exact) mass is 220 g/mol. The first-order valence-corrected chi connectivity index (χ1v) is 5.04. The molecule has 0 aliphatic carbocycles. The Labute approximate surface area is 92.4 Å². The van der Waals surface area contributed by atoms with Crippen LogP contribution in [0.2, 0.25) is 0 Å². The molecule has 0 fully saturated rings. The fourth-order valence-corrected chi connectivity index (χ4v) is 1.31. The minimum atomic E-state index is -0.329. The maximum Gasteiger partial charge on any atom is 0.325 e. The molecule has 0 atom stereocenters. The van der Waals surface area contributed by atoms with E-state index in [9.17, 15) is 4.79 Å². The van der Waals surface area contributed by atoms with Gasteiger partial charge in [0.2, 0.25) is 0 Å². The summed E-state index contributed by atoms with van der Waals surface area (Å²) in [5.74, 6) is -0.329. The van der Waals surface area contributed by atoms with Gasteiger partial charge in [-0.05, 0) is 19.1 Å². The first-order valence-electron chi connectivity index (χ1n) is 5.04. The highest BCUT2D eigenvalue weighted by molar-refractivity contribution is 5.76. The molecule has 0 bridgehead atoms. The number of esters is 1. The van der Waals surface area contributed by atoms with Gasteiger partial charge in [0.1, 0.15) is 12.1 Å². The van der Waals surface area contributed by atoms with E-state index < -0.39 is 0 Å². The quantitative estimate of drug-likeness (QED) is 0.796. The summed E-state index contributed by atoms with van der Waals surface area (Å²) in [6.45, 7) is 2.19. The second-order valence-corrected chi connectivity index (χ2v) is 3.15. The molecule has 0 unspecified atom stereocenters. The van der Waals surface area contributed by atoms with Crippen LogP contribution in [0.3, 0.4) is 0 Å². The highest BCUT2D eigenvalue weighted by Gasteiger charge is 2.06. The van der Waals surface area contributed by atoms with E-state index in [0.29, 0.717) is 18.2 Å². The van der Waals surface area contributed by atoms with Crippen LogP contribution < -0.4 is 5.32 Å². The molecule has 0 amide bonds. The zero-order valence-corrected chi connectivity index (χ0v) is 8.90. The van der Waals surface area contributed by atoms with Crippen LogP contribution in [0.5, 0.6) is 0 Å². The second kappa shape index (κ2) is 4.65. The van der Waals surface area contributed by atoms with E-state index >= 15 is 0 Å². The number of hydrogen-bond acceptors (Lipinski definition) is 5. The number of anilines is 1. The molecule has 2 rings (SSSR count). The zero-order valence-electron chi connectivity index (χ0n) is 8.90. The van der Waals surface area contributed by atoms with Crippen LogP contribution in [0.25, 0.3) is 11.1 Å². The molecule has 1 heterocycles. The van der Waals surface area contributed by atoms with Crippen LogP contribution in [0.15, 0.2) is 28.7 Å². The largest absolute Gasteiger partial charge is 0.465 e. The van der Waals surface area contributed by atoms with Gasteiger partial charge in [-0.2, -0.15) is 4.98 Å². The number of rotatable bonds is 4. The number of para-hydroxylation sites is 2. The van der Waals surface area contributed by atoms with Crippen LogP contribution in [0, 0.1) is 0 Å². The Morgan fingerprint density at radius 3 is 3.06 bits per heavy atom. The Morgan fingerprint density at radius 1 is 1.50 bits per heavy atom. The first kappa shape index (κ1) is 10.5. The molecule has 0 saturated carbocycles. The lowest BCUT2D eigenvalue weighted by Crippen LogP contribution is -2.16. The fourth-order valence-electron chi connectivity index (χ4n) is 1.31. The van der Waals surface area contributed by atoms with Crippen LogP contribution in [0.1, 0.15) is 6.92 Å². The van der Waals surface area contributed by atoms with E-state index in [0.717, 1.165) is 5.52 Å². The van der Waals surface area contributed by atoms with Gasteiger partial charge in [-0.15, -0.1) is 0 Å².